The molecule has 4 heteroatoms. The van der Waals surface area contributed by atoms with Crippen molar-refractivity contribution in [3.8, 4) is 5.75 Å². The van der Waals surface area contributed by atoms with Crippen LogP contribution in [-0.4, -0.2) is 17.0 Å². The second kappa shape index (κ2) is 3.53. The summed E-state index contributed by atoms with van der Waals surface area (Å²) in [6, 6.07) is 5.54. The van der Waals surface area contributed by atoms with E-state index >= 15 is 0 Å². The Labute approximate surface area is 86.1 Å². The van der Waals surface area contributed by atoms with Crippen LogP contribution < -0.4 is 4.74 Å². The van der Waals surface area contributed by atoms with Gasteiger partial charge in [-0.3, -0.25) is 4.79 Å². The quantitative estimate of drug-likeness (QED) is 0.813. The summed E-state index contributed by atoms with van der Waals surface area (Å²) in [7, 11) is 0. The van der Waals surface area contributed by atoms with E-state index in [1.165, 1.54) is 0 Å². The summed E-state index contributed by atoms with van der Waals surface area (Å²) in [6.07, 6.45) is 0. The van der Waals surface area contributed by atoms with Gasteiger partial charge in [0.1, 0.15) is 11.7 Å². The number of ether oxygens (including phenoxy) is 1. The number of carboxylic acids is 1. The van der Waals surface area contributed by atoms with Crippen LogP contribution in [0.2, 0.25) is 0 Å². The van der Waals surface area contributed by atoms with Gasteiger partial charge in [0, 0.05) is 0 Å². The highest BCUT2D eigenvalue weighted by Gasteiger charge is 2.18. The first-order valence-corrected chi connectivity index (χ1v) is 5.29. The SMILES string of the molecule is CC(C(=O)O)c1ccc2c(c1)SCO2. The molecule has 1 aromatic carbocycles. The average Bonchev–Trinajstić information content (AvgIpc) is 2.62. The number of aliphatic carboxylic acids is 1. The van der Waals surface area contributed by atoms with Gasteiger partial charge in [-0.2, -0.15) is 0 Å². The maximum atomic E-state index is 10.8. The predicted molar refractivity (Wildman–Crippen MR) is 53.8 cm³/mol. The van der Waals surface area contributed by atoms with Crippen LogP contribution in [0.25, 0.3) is 0 Å². The molecular formula is C10H10O3S. The highest BCUT2D eigenvalue weighted by atomic mass is 32.2. The fourth-order valence-corrected chi connectivity index (χ4v) is 2.13. The van der Waals surface area contributed by atoms with E-state index in [4.69, 9.17) is 9.84 Å². The van der Waals surface area contributed by atoms with Gasteiger partial charge in [0.05, 0.1) is 10.8 Å². The van der Waals surface area contributed by atoms with Crippen LogP contribution in [0.15, 0.2) is 23.1 Å². The molecule has 2 rings (SSSR count). The number of benzene rings is 1. The molecule has 0 spiro atoms. The van der Waals surface area contributed by atoms with E-state index in [0.717, 1.165) is 16.2 Å². The molecule has 1 heterocycles. The van der Waals surface area contributed by atoms with Crippen LogP contribution in [0.5, 0.6) is 5.75 Å². The summed E-state index contributed by atoms with van der Waals surface area (Å²) in [5, 5.41) is 8.85. The molecule has 74 valence electrons. The first kappa shape index (κ1) is 9.40. The summed E-state index contributed by atoms with van der Waals surface area (Å²) in [5.74, 6) is 0.229. The van der Waals surface area contributed by atoms with Gasteiger partial charge in [0.25, 0.3) is 0 Å². The fourth-order valence-electron chi connectivity index (χ4n) is 1.33. The van der Waals surface area contributed by atoms with E-state index in [0.29, 0.717) is 5.94 Å². The van der Waals surface area contributed by atoms with E-state index in [9.17, 15) is 4.79 Å². The van der Waals surface area contributed by atoms with Gasteiger partial charge in [-0.15, -0.1) is 0 Å². The molecule has 1 atom stereocenters. The number of carboxylic acid groups (broad SMARTS) is 1. The molecule has 1 N–H and O–H groups in total. The van der Waals surface area contributed by atoms with Gasteiger partial charge in [0.2, 0.25) is 0 Å². The molecule has 0 amide bonds. The van der Waals surface area contributed by atoms with Crippen LogP contribution in [0.4, 0.5) is 0 Å². The summed E-state index contributed by atoms with van der Waals surface area (Å²) in [6.45, 7) is 1.69. The van der Waals surface area contributed by atoms with Gasteiger partial charge in [-0.25, -0.2) is 0 Å². The highest BCUT2D eigenvalue weighted by Crippen LogP contribution is 2.37. The van der Waals surface area contributed by atoms with Crippen molar-refractivity contribution in [1.29, 1.82) is 0 Å². The third kappa shape index (κ3) is 1.57. The van der Waals surface area contributed by atoms with Crippen molar-refractivity contribution in [3.63, 3.8) is 0 Å². The molecule has 0 fully saturated rings. The van der Waals surface area contributed by atoms with Gasteiger partial charge in [0.15, 0.2) is 0 Å². The molecular weight excluding hydrogens is 200 g/mol. The lowest BCUT2D eigenvalue weighted by Gasteiger charge is -2.07. The summed E-state index contributed by atoms with van der Waals surface area (Å²) in [5.41, 5.74) is 0.828. The molecule has 1 aliphatic heterocycles. The minimum Gasteiger partial charge on any atom is -0.481 e. The molecule has 3 nitrogen and oxygen atoms in total. The van der Waals surface area contributed by atoms with Gasteiger partial charge in [-0.05, 0) is 24.6 Å². The summed E-state index contributed by atoms with van der Waals surface area (Å²) >= 11 is 1.60. The van der Waals surface area contributed by atoms with Crippen molar-refractivity contribution in [2.24, 2.45) is 0 Å². The van der Waals surface area contributed by atoms with E-state index in [1.807, 2.05) is 18.2 Å². The second-order valence-corrected chi connectivity index (χ2v) is 4.14. The summed E-state index contributed by atoms with van der Waals surface area (Å²) < 4.78 is 5.31. The van der Waals surface area contributed by atoms with Crippen molar-refractivity contribution < 1.29 is 14.6 Å². The third-order valence-corrected chi connectivity index (χ3v) is 3.13. The Kier molecular flexibility index (Phi) is 2.37. The Morgan fingerprint density at radius 2 is 2.43 bits per heavy atom. The van der Waals surface area contributed by atoms with Crippen molar-refractivity contribution in [2.45, 2.75) is 17.7 Å². The minimum atomic E-state index is -0.797. The average molecular weight is 210 g/mol. The topological polar surface area (TPSA) is 46.5 Å². The molecule has 1 aromatic rings. The maximum Gasteiger partial charge on any atom is 0.310 e. The summed E-state index contributed by atoms with van der Waals surface area (Å²) in [4.78, 5) is 11.8. The molecule has 0 aromatic heterocycles. The Hall–Kier alpha value is -1.16. The molecule has 1 aliphatic rings. The Morgan fingerprint density at radius 3 is 3.14 bits per heavy atom. The van der Waals surface area contributed by atoms with Crippen LogP contribution in [0.3, 0.4) is 0 Å². The van der Waals surface area contributed by atoms with Crippen molar-refractivity contribution in [2.75, 3.05) is 5.94 Å². The zero-order chi connectivity index (χ0) is 10.1. The maximum absolute atomic E-state index is 10.8. The number of hydrogen-bond donors (Lipinski definition) is 1. The van der Waals surface area contributed by atoms with Crippen LogP contribution >= 0.6 is 11.8 Å². The first-order chi connectivity index (χ1) is 6.68. The second-order valence-electron chi connectivity index (χ2n) is 3.17. The number of hydrogen-bond acceptors (Lipinski definition) is 3. The molecule has 1 unspecified atom stereocenters. The minimum absolute atomic E-state index is 0.457. The van der Waals surface area contributed by atoms with Crippen LogP contribution in [0, 0.1) is 0 Å². The zero-order valence-electron chi connectivity index (χ0n) is 7.69. The highest BCUT2D eigenvalue weighted by molar-refractivity contribution is 7.99. The number of carbonyl (C=O) groups is 1. The third-order valence-electron chi connectivity index (χ3n) is 2.27. The van der Waals surface area contributed by atoms with Crippen LogP contribution in [0.1, 0.15) is 18.4 Å². The Bertz CT molecular complexity index is 376. The molecule has 14 heavy (non-hydrogen) atoms. The molecule has 0 radical (unpaired) electrons. The van der Waals surface area contributed by atoms with Crippen LogP contribution in [-0.2, 0) is 4.79 Å². The lowest BCUT2D eigenvalue weighted by Crippen LogP contribution is -2.07. The first-order valence-electron chi connectivity index (χ1n) is 4.31. The number of rotatable bonds is 2. The van der Waals surface area contributed by atoms with Crippen molar-refractivity contribution >= 4 is 17.7 Å². The standard InChI is InChI=1S/C10H10O3S/c1-6(10(11)12)7-2-3-8-9(4-7)14-5-13-8/h2-4,6H,5H2,1H3,(H,11,12). The number of fused-ring (bicyclic) bond motifs is 1. The lowest BCUT2D eigenvalue weighted by molar-refractivity contribution is -0.138. The van der Waals surface area contributed by atoms with Crippen molar-refractivity contribution in [1.82, 2.24) is 0 Å². The van der Waals surface area contributed by atoms with E-state index < -0.39 is 11.9 Å². The van der Waals surface area contributed by atoms with E-state index in [2.05, 4.69) is 0 Å². The molecule has 0 bridgehead atoms. The zero-order valence-corrected chi connectivity index (χ0v) is 8.50. The predicted octanol–water partition coefficient (Wildman–Crippen LogP) is 2.32. The normalized spacial score (nSPS) is 15.8. The fraction of sp³-hybridized carbons (Fsp3) is 0.300. The smallest absolute Gasteiger partial charge is 0.310 e. The Balaban J connectivity index is 2.33. The largest absolute Gasteiger partial charge is 0.481 e. The van der Waals surface area contributed by atoms with Crippen molar-refractivity contribution in [3.05, 3.63) is 23.8 Å². The molecule has 0 aliphatic carbocycles. The van der Waals surface area contributed by atoms with E-state index in [-0.39, 0.29) is 0 Å². The van der Waals surface area contributed by atoms with Gasteiger partial charge >= 0.3 is 5.97 Å². The monoisotopic (exact) mass is 210 g/mol. The lowest BCUT2D eigenvalue weighted by atomic mass is 10.0. The number of thioether (sulfide) groups is 1. The van der Waals surface area contributed by atoms with Gasteiger partial charge in [-0.1, -0.05) is 17.8 Å². The molecule has 0 saturated carbocycles. The molecule has 0 saturated heterocycles. The van der Waals surface area contributed by atoms with Gasteiger partial charge < -0.3 is 9.84 Å². The van der Waals surface area contributed by atoms with E-state index in [1.54, 1.807) is 18.7 Å². The Morgan fingerprint density at radius 1 is 1.64 bits per heavy atom.